The van der Waals surface area contributed by atoms with Gasteiger partial charge >= 0.3 is 0 Å². The second kappa shape index (κ2) is 12.8. The minimum absolute atomic E-state index is 0. The van der Waals surface area contributed by atoms with Gasteiger partial charge in [-0.25, -0.2) is 4.39 Å². The number of nitrogens with one attached hydrogen (secondary N) is 1. The predicted octanol–water partition coefficient (Wildman–Crippen LogP) is 4.84. The fourth-order valence-electron chi connectivity index (χ4n) is 2.52. The van der Waals surface area contributed by atoms with Crippen LogP contribution in [0.5, 0.6) is 5.75 Å². The molecule has 162 valence electrons. The maximum absolute atomic E-state index is 13.6. The van der Waals surface area contributed by atoms with Crippen LogP contribution in [-0.2, 0) is 13.2 Å². The topological polar surface area (TPSA) is 69.0 Å². The number of carbonyl (C=O) groups is 1. The van der Waals surface area contributed by atoms with Crippen LogP contribution in [0.15, 0.2) is 55.0 Å². The number of rotatable bonds is 9. The maximum atomic E-state index is 13.6. The molecule has 0 aliphatic heterocycles. The number of hydrogen-bond donors (Lipinski definition) is 1. The molecule has 0 aliphatic rings. The number of aromatic nitrogens is 3. The summed E-state index contributed by atoms with van der Waals surface area (Å²) in [4.78, 5) is 16.5. The number of pyridine rings is 1. The number of carbonyl (C=O) groups excluding carboxylic acids is 1. The first kappa shape index (κ1) is 25.3. The molecular formula is C20H22Cl2F2N4O2. The average Bonchev–Trinajstić information content (AvgIpc) is 3.15. The van der Waals surface area contributed by atoms with Crippen LogP contribution < -0.4 is 10.1 Å². The van der Waals surface area contributed by atoms with Crippen molar-refractivity contribution in [1.29, 1.82) is 0 Å². The van der Waals surface area contributed by atoms with Crippen molar-refractivity contribution >= 4 is 36.4 Å². The Hall–Kier alpha value is -2.71. The molecule has 10 heteroatoms. The van der Waals surface area contributed by atoms with Gasteiger partial charge in [-0.05, 0) is 42.7 Å². The van der Waals surface area contributed by atoms with Crippen LogP contribution in [0.3, 0.4) is 0 Å². The van der Waals surface area contributed by atoms with E-state index in [2.05, 4.69) is 15.4 Å². The molecule has 0 bridgehead atoms. The third-order valence-electron chi connectivity index (χ3n) is 3.95. The van der Waals surface area contributed by atoms with Crippen LogP contribution in [0, 0.1) is 5.82 Å². The molecule has 30 heavy (non-hydrogen) atoms. The predicted molar refractivity (Wildman–Crippen MR) is 115 cm³/mol. The number of amides is 1. The summed E-state index contributed by atoms with van der Waals surface area (Å²) in [5, 5.41) is 6.85. The Balaban J connectivity index is 0.00000225. The molecule has 0 atom stereocenters. The van der Waals surface area contributed by atoms with Crippen molar-refractivity contribution in [3.8, 4) is 5.75 Å². The SMILES string of the molecule is Cl.Cl.O=C(Nc1cnn(CCCCF)c1)c1cc(COc2ccccc2F)ccn1. The third-order valence-corrected chi connectivity index (χ3v) is 3.95. The summed E-state index contributed by atoms with van der Waals surface area (Å²) >= 11 is 0. The third kappa shape index (κ3) is 7.27. The molecule has 0 unspecified atom stereocenters. The molecular weight excluding hydrogens is 437 g/mol. The van der Waals surface area contributed by atoms with E-state index in [1.165, 1.54) is 24.5 Å². The first-order valence-corrected chi connectivity index (χ1v) is 8.88. The van der Waals surface area contributed by atoms with E-state index in [9.17, 15) is 13.6 Å². The normalized spacial score (nSPS) is 9.93. The monoisotopic (exact) mass is 458 g/mol. The van der Waals surface area contributed by atoms with Gasteiger partial charge in [-0.3, -0.25) is 18.9 Å². The quantitative estimate of drug-likeness (QED) is 0.465. The highest BCUT2D eigenvalue weighted by Crippen LogP contribution is 2.17. The molecule has 6 nitrogen and oxygen atoms in total. The molecule has 0 saturated carbocycles. The lowest BCUT2D eigenvalue weighted by Crippen LogP contribution is -2.14. The van der Waals surface area contributed by atoms with E-state index < -0.39 is 11.7 Å². The number of halogens is 4. The number of ether oxygens (including phenoxy) is 1. The Labute approximate surface area is 185 Å². The molecule has 1 N–H and O–H groups in total. The van der Waals surface area contributed by atoms with E-state index in [4.69, 9.17) is 4.74 Å². The number of nitrogens with zero attached hydrogens (tertiary/aromatic N) is 3. The summed E-state index contributed by atoms with van der Waals surface area (Å²) in [7, 11) is 0. The van der Waals surface area contributed by atoms with Crippen molar-refractivity contribution in [2.45, 2.75) is 26.0 Å². The van der Waals surface area contributed by atoms with Crippen LogP contribution in [0.2, 0.25) is 0 Å². The Morgan fingerprint density at radius 2 is 1.97 bits per heavy atom. The number of unbranched alkanes of at least 4 members (excludes halogenated alkanes) is 1. The van der Waals surface area contributed by atoms with Crippen LogP contribution in [0.4, 0.5) is 14.5 Å². The molecule has 3 rings (SSSR count). The number of para-hydroxylation sites is 1. The maximum Gasteiger partial charge on any atom is 0.274 e. The molecule has 3 aromatic rings. The van der Waals surface area contributed by atoms with Crippen molar-refractivity contribution in [1.82, 2.24) is 14.8 Å². The van der Waals surface area contributed by atoms with E-state index in [1.807, 2.05) is 0 Å². The molecule has 1 amide bonds. The van der Waals surface area contributed by atoms with Gasteiger partial charge in [0.2, 0.25) is 0 Å². The minimum atomic E-state index is -0.446. The van der Waals surface area contributed by atoms with Gasteiger partial charge in [-0.1, -0.05) is 12.1 Å². The summed E-state index contributed by atoms with van der Waals surface area (Å²) in [6.45, 7) is 0.338. The molecule has 0 fully saturated rings. The summed E-state index contributed by atoms with van der Waals surface area (Å²) < 4.78 is 32.9. The zero-order chi connectivity index (χ0) is 19.8. The number of aryl methyl sites for hydroxylation is 1. The Kier molecular flexibility index (Phi) is 10.8. The van der Waals surface area contributed by atoms with Crippen LogP contribution >= 0.6 is 24.8 Å². The van der Waals surface area contributed by atoms with Gasteiger partial charge in [0.15, 0.2) is 11.6 Å². The van der Waals surface area contributed by atoms with Crippen LogP contribution in [0.1, 0.15) is 28.9 Å². The van der Waals surface area contributed by atoms with E-state index in [1.54, 1.807) is 35.1 Å². The summed E-state index contributed by atoms with van der Waals surface area (Å²) in [6.07, 6.45) is 5.86. The highest BCUT2D eigenvalue weighted by molar-refractivity contribution is 6.02. The zero-order valence-electron chi connectivity index (χ0n) is 16.0. The van der Waals surface area contributed by atoms with Gasteiger partial charge in [0.1, 0.15) is 12.3 Å². The number of hydrogen-bond acceptors (Lipinski definition) is 4. The second-order valence-electron chi connectivity index (χ2n) is 6.11. The van der Waals surface area contributed by atoms with E-state index in [0.29, 0.717) is 30.6 Å². The molecule has 2 aromatic heterocycles. The minimum Gasteiger partial charge on any atom is -0.486 e. The lowest BCUT2D eigenvalue weighted by Gasteiger charge is -2.08. The Morgan fingerprint density at radius 3 is 2.73 bits per heavy atom. The highest BCUT2D eigenvalue weighted by Gasteiger charge is 2.11. The molecule has 0 radical (unpaired) electrons. The standard InChI is InChI=1S/C20H20F2N4O2.2ClH/c21-8-3-4-10-26-13-16(12-24-26)25-20(27)18-11-15(7-9-23-18)14-28-19-6-2-1-5-17(19)22;;/h1-2,5-7,9,11-13H,3-4,8,10,14H2,(H,25,27);2*1H. The first-order valence-electron chi connectivity index (χ1n) is 8.88. The fraction of sp³-hybridized carbons (Fsp3) is 0.250. The zero-order valence-corrected chi connectivity index (χ0v) is 17.6. The van der Waals surface area contributed by atoms with E-state index in [-0.39, 0.29) is 49.5 Å². The van der Waals surface area contributed by atoms with Crippen LogP contribution in [0.25, 0.3) is 0 Å². The average molecular weight is 459 g/mol. The Morgan fingerprint density at radius 1 is 1.17 bits per heavy atom. The summed E-state index contributed by atoms with van der Waals surface area (Å²) in [5.41, 5.74) is 1.42. The summed E-state index contributed by atoms with van der Waals surface area (Å²) in [5.74, 6) is -0.695. The molecule has 2 heterocycles. The molecule has 0 saturated heterocycles. The summed E-state index contributed by atoms with van der Waals surface area (Å²) in [6, 6.07) is 9.40. The van der Waals surface area contributed by atoms with Crippen molar-refractivity contribution in [3.05, 3.63) is 72.1 Å². The molecule has 0 spiro atoms. The fourth-order valence-corrected chi connectivity index (χ4v) is 2.52. The van der Waals surface area contributed by atoms with Crippen molar-refractivity contribution in [2.24, 2.45) is 0 Å². The Bertz CT molecular complexity index is 940. The van der Waals surface area contributed by atoms with Gasteiger partial charge in [0.05, 0.1) is 18.6 Å². The lowest BCUT2D eigenvalue weighted by atomic mass is 10.2. The van der Waals surface area contributed by atoms with Crippen molar-refractivity contribution in [3.63, 3.8) is 0 Å². The second-order valence-corrected chi connectivity index (χ2v) is 6.11. The van der Waals surface area contributed by atoms with Gasteiger partial charge < -0.3 is 10.1 Å². The lowest BCUT2D eigenvalue weighted by molar-refractivity contribution is 0.102. The van der Waals surface area contributed by atoms with Gasteiger partial charge in [-0.15, -0.1) is 24.8 Å². The smallest absolute Gasteiger partial charge is 0.274 e. The molecule has 0 aliphatic carbocycles. The number of benzene rings is 1. The molecule has 1 aromatic carbocycles. The first-order chi connectivity index (χ1) is 13.7. The van der Waals surface area contributed by atoms with Crippen molar-refractivity contribution < 1.29 is 18.3 Å². The van der Waals surface area contributed by atoms with Crippen molar-refractivity contribution in [2.75, 3.05) is 12.0 Å². The van der Waals surface area contributed by atoms with E-state index >= 15 is 0 Å². The highest BCUT2D eigenvalue weighted by atomic mass is 35.5. The number of anilines is 1. The van der Waals surface area contributed by atoms with Gasteiger partial charge in [0, 0.05) is 18.9 Å². The van der Waals surface area contributed by atoms with Gasteiger partial charge in [-0.2, -0.15) is 5.10 Å². The van der Waals surface area contributed by atoms with E-state index in [0.717, 1.165) is 0 Å². The number of alkyl halides is 1. The van der Waals surface area contributed by atoms with Gasteiger partial charge in [0.25, 0.3) is 5.91 Å². The van der Waals surface area contributed by atoms with Crippen LogP contribution in [-0.4, -0.2) is 27.3 Å². The largest absolute Gasteiger partial charge is 0.486 e.